The van der Waals surface area contributed by atoms with Gasteiger partial charge in [-0.2, -0.15) is 0 Å². The van der Waals surface area contributed by atoms with Crippen molar-refractivity contribution < 1.29 is 18.3 Å². The number of hydrogen-bond donors (Lipinski definition) is 1. The molecular weight excluding hydrogens is 230 g/mol. The molecule has 0 saturated heterocycles. The monoisotopic (exact) mass is 249 g/mol. The lowest BCUT2D eigenvalue weighted by Crippen LogP contribution is -2.44. The number of amides is 1. The molecule has 1 unspecified atom stereocenters. The number of aliphatic hydroxyl groups is 1. The molecule has 1 atom stereocenters. The predicted molar refractivity (Wildman–Crippen MR) is 60.7 cm³/mol. The third-order valence-corrected chi connectivity index (χ3v) is 4.60. The minimum absolute atomic E-state index is 0.249. The maximum absolute atomic E-state index is 11.7. The lowest BCUT2D eigenvalue weighted by Gasteiger charge is -2.35. The molecule has 0 aliphatic heterocycles. The van der Waals surface area contributed by atoms with Crippen LogP contribution in [0.5, 0.6) is 0 Å². The van der Waals surface area contributed by atoms with E-state index in [9.17, 15) is 13.2 Å². The summed E-state index contributed by atoms with van der Waals surface area (Å²) in [5.41, 5.74) is 0. The van der Waals surface area contributed by atoms with Crippen LogP contribution in [0.15, 0.2) is 0 Å². The van der Waals surface area contributed by atoms with E-state index in [4.69, 9.17) is 5.11 Å². The predicted octanol–water partition coefficient (Wildman–Crippen LogP) is -0.351. The summed E-state index contributed by atoms with van der Waals surface area (Å²) >= 11 is 0. The van der Waals surface area contributed by atoms with Gasteiger partial charge in [0.05, 0.1) is 6.10 Å². The van der Waals surface area contributed by atoms with Gasteiger partial charge in [-0.3, -0.25) is 4.79 Å². The van der Waals surface area contributed by atoms with Crippen LogP contribution in [0, 0.1) is 5.92 Å². The first-order valence-electron chi connectivity index (χ1n) is 5.33. The molecule has 1 N–H and O–H groups in total. The van der Waals surface area contributed by atoms with E-state index in [1.165, 1.54) is 11.8 Å². The van der Waals surface area contributed by atoms with Gasteiger partial charge in [0.2, 0.25) is 5.91 Å². The van der Waals surface area contributed by atoms with Crippen LogP contribution in [-0.4, -0.2) is 55.5 Å². The van der Waals surface area contributed by atoms with Gasteiger partial charge in [-0.05, 0) is 25.7 Å². The zero-order chi connectivity index (χ0) is 12.5. The number of hydrogen-bond acceptors (Lipinski definition) is 4. The van der Waals surface area contributed by atoms with Crippen molar-refractivity contribution in [2.24, 2.45) is 5.92 Å². The second kappa shape index (κ2) is 4.71. The van der Waals surface area contributed by atoms with Gasteiger partial charge in [0.15, 0.2) is 9.84 Å². The van der Waals surface area contributed by atoms with Gasteiger partial charge in [0, 0.05) is 19.8 Å². The fraction of sp³-hybridized carbons (Fsp3) is 0.900. The molecule has 5 nitrogen and oxygen atoms in total. The van der Waals surface area contributed by atoms with Crippen molar-refractivity contribution in [2.45, 2.75) is 31.1 Å². The molecule has 0 heterocycles. The summed E-state index contributed by atoms with van der Waals surface area (Å²) in [6.07, 6.45) is 2.22. The number of carbonyl (C=O) groups excluding carboxylic acids is 1. The molecule has 1 saturated carbocycles. The SMILES string of the molecule is CC(C(=O)N(C)CC1CC(O)C1)S(C)(=O)=O. The summed E-state index contributed by atoms with van der Waals surface area (Å²) in [7, 11) is -1.72. The van der Waals surface area contributed by atoms with E-state index in [1.807, 2.05) is 0 Å². The lowest BCUT2D eigenvalue weighted by molar-refractivity contribution is -0.130. The Morgan fingerprint density at radius 1 is 1.50 bits per heavy atom. The lowest BCUT2D eigenvalue weighted by atomic mass is 9.82. The largest absolute Gasteiger partial charge is 0.393 e. The summed E-state index contributed by atoms with van der Waals surface area (Å²) in [5.74, 6) is -0.0698. The molecule has 94 valence electrons. The summed E-state index contributed by atoms with van der Waals surface area (Å²) in [6.45, 7) is 1.93. The summed E-state index contributed by atoms with van der Waals surface area (Å²) in [6, 6.07) is 0. The molecular formula is C10H19NO4S. The van der Waals surface area contributed by atoms with Crippen LogP contribution in [-0.2, 0) is 14.6 Å². The molecule has 0 bridgehead atoms. The minimum atomic E-state index is -3.32. The summed E-state index contributed by atoms with van der Waals surface area (Å²) in [5, 5.41) is 8.13. The normalized spacial score (nSPS) is 27.0. The smallest absolute Gasteiger partial charge is 0.240 e. The molecule has 1 aliphatic rings. The van der Waals surface area contributed by atoms with Crippen LogP contribution < -0.4 is 0 Å². The van der Waals surface area contributed by atoms with Crippen molar-refractivity contribution in [2.75, 3.05) is 19.8 Å². The molecule has 1 aliphatic carbocycles. The van der Waals surface area contributed by atoms with Crippen LogP contribution in [0.2, 0.25) is 0 Å². The van der Waals surface area contributed by atoms with Crippen LogP contribution in [0.4, 0.5) is 0 Å². The third kappa shape index (κ3) is 3.18. The topological polar surface area (TPSA) is 74.7 Å². The second-order valence-corrected chi connectivity index (χ2v) is 7.05. The number of aliphatic hydroxyl groups excluding tert-OH is 1. The van der Waals surface area contributed by atoms with E-state index < -0.39 is 15.1 Å². The Bertz CT molecular complexity index is 359. The Balaban J connectivity index is 2.48. The molecule has 1 fully saturated rings. The van der Waals surface area contributed by atoms with Crippen molar-refractivity contribution in [3.8, 4) is 0 Å². The zero-order valence-electron chi connectivity index (χ0n) is 9.88. The molecule has 0 spiro atoms. The van der Waals surface area contributed by atoms with E-state index in [1.54, 1.807) is 7.05 Å². The molecule has 1 rings (SSSR count). The van der Waals surface area contributed by atoms with Crippen molar-refractivity contribution in [1.29, 1.82) is 0 Å². The fourth-order valence-electron chi connectivity index (χ4n) is 1.82. The highest BCUT2D eigenvalue weighted by Gasteiger charge is 2.32. The van der Waals surface area contributed by atoms with Crippen molar-refractivity contribution in [3.63, 3.8) is 0 Å². The van der Waals surface area contributed by atoms with Crippen molar-refractivity contribution >= 4 is 15.7 Å². The quantitative estimate of drug-likeness (QED) is 0.739. The third-order valence-electron chi connectivity index (χ3n) is 3.11. The molecule has 0 radical (unpaired) electrons. The Kier molecular flexibility index (Phi) is 3.96. The highest BCUT2D eigenvalue weighted by Crippen LogP contribution is 2.27. The summed E-state index contributed by atoms with van der Waals surface area (Å²) < 4.78 is 22.4. The number of carbonyl (C=O) groups is 1. The Morgan fingerprint density at radius 2 is 2.00 bits per heavy atom. The van der Waals surface area contributed by atoms with Gasteiger partial charge in [-0.1, -0.05) is 0 Å². The molecule has 0 aromatic rings. The van der Waals surface area contributed by atoms with Gasteiger partial charge in [0.25, 0.3) is 0 Å². The molecule has 0 aromatic carbocycles. The van der Waals surface area contributed by atoms with Gasteiger partial charge in [-0.25, -0.2) is 8.42 Å². The van der Waals surface area contributed by atoms with Crippen LogP contribution in [0.3, 0.4) is 0 Å². The molecule has 6 heteroatoms. The van der Waals surface area contributed by atoms with E-state index in [-0.39, 0.29) is 12.0 Å². The van der Waals surface area contributed by atoms with Crippen molar-refractivity contribution in [1.82, 2.24) is 4.90 Å². The average Bonchev–Trinajstić information content (AvgIpc) is 2.11. The Hall–Kier alpha value is -0.620. The Morgan fingerprint density at radius 3 is 2.38 bits per heavy atom. The van der Waals surface area contributed by atoms with E-state index in [2.05, 4.69) is 0 Å². The summed E-state index contributed by atoms with van der Waals surface area (Å²) in [4.78, 5) is 13.2. The van der Waals surface area contributed by atoms with E-state index >= 15 is 0 Å². The first kappa shape index (κ1) is 13.4. The highest BCUT2D eigenvalue weighted by molar-refractivity contribution is 7.92. The van der Waals surface area contributed by atoms with Gasteiger partial charge in [-0.15, -0.1) is 0 Å². The first-order chi connectivity index (χ1) is 7.21. The highest BCUT2D eigenvalue weighted by atomic mass is 32.2. The average molecular weight is 249 g/mol. The van der Waals surface area contributed by atoms with Crippen molar-refractivity contribution in [3.05, 3.63) is 0 Å². The molecule has 1 amide bonds. The first-order valence-corrected chi connectivity index (χ1v) is 7.29. The number of rotatable bonds is 4. The van der Waals surface area contributed by atoms with Gasteiger partial charge in [0.1, 0.15) is 5.25 Å². The number of nitrogens with zero attached hydrogens (tertiary/aromatic N) is 1. The van der Waals surface area contributed by atoms with Gasteiger partial charge < -0.3 is 10.0 Å². The maximum Gasteiger partial charge on any atom is 0.240 e. The van der Waals surface area contributed by atoms with Crippen LogP contribution >= 0.6 is 0 Å². The molecule has 0 aromatic heterocycles. The fourth-order valence-corrected chi connectivity index (χ4v) is 2.37. The van der Waals surface area contributed by atoms with Crippen LogP contribution in [0.25, 0.3) is 0 Å². The minimum Gasteiger partial charge on any atom is -0.393 e. The Labute approximate surface area is 96.4 Å². The van der Waals surface area contributed by atoms with Gasteiger partial charge >= 0.3 is 0 Å². The number of sulfone groups is 1. The van der Waals surface area contributed by atoms with E-state index in [0.717, 1.165) is 6.26 Å². The standard InChI is InChI=1S/C10H19NO4S/c1-7(16(3,14)15)10(13)11(2)6-8-4-9(12)5-8/h7-9,12H,4-6H2,1-3H3. The van der Waals surface area contributed by atoms with E-state index in [0.29, 0.717) is 25.3 Å². The zero-order valence-corrected chi connectivity index (χ0v) is 10.7. The maximum atomic E-state index is 11.7. The van der Waals surface area contributed by atoms with Crippen LogP contribution in [0.1, 0.15) is 19.8 Å². The second-order valence-electron chi connectivity index (χ2n) is 4.68. The molecule has 16 heavy (non-hydrogen) atoms.